The smallest absolute Gasteiger partial charge is 0.321 e. The molecular formula is C32H41FN4O2. The zero-order valence-corrected chi connectivity index (χ0v) is 23.7. The summed E-state index contributed by atoms with van der Waals surface area (Å²) in [5.74, 6) is 0.881. The van der Waals surface area contributed by atoms with Gasteiger partial charge in [0.05, 0.1) is 0 Å². The largest absolute Gasteiger partial charge is 0.333 e. The molecule has 1 aliphatic heterocycles. The van der Waals surface area contributed by atoms with Crippen molar-refractivity contribution >= 4 is 17.6 Å². The molecule has 3 aliphatic carbocycles. The molecule has 2 fully saturated rings. The monoisotopic (exact) mass is 532 g/mol. The minimum atomic E-state index is -0.338. The molecule has 0 aromatic heterocycles. The summed E-state index contributed by atoms with van der Waals surface area (Å²) in [4.78, 5) is 32.6. The highest BCUT2D eigenvalue weighted by Crippen LogP contribution is 2.59. The molecular weight excluding hydrogens is 491 g/mol. The molecule has 2 aromatic rings. The van der Waals surface area contributed by atoms with Crippen LogP contribution in [0.25, 0.3) is 0 Å². The highest BCUT2D eigenvalue weighted by Gasteiger charge is 2.51. The Balaban J connectivity index is 1.19. The number of fused-ring (bicyclic) bond motifs is 1. The first-order valence-corrected chi connectivity index (χ1v) is 14.2. The quantitative estimate of drug-likeness (QED) is 0.464. The average molecular weight is 533 g/mol. The maximum absolute atomic E-state index is 13.5. The summed E-state index contributed by atoms with van der Waals surface area (Å²) in [6, 6.07) is 11.8. The van der Waals surface area contributed by atoms with Crippen molar-refractivity contribution < 1.29 is 14.0 Å². The van der Waals surface area contributed by atoms with E-state index in [0.29, 0.717) is 43.1 Å². The van der Waals surface area contributed by atoms with Gasteiger partial charge in [0.15, 0.2) is 0 Å². The van der Waals surface area contributed by atoms with E-state index in [0.717, 1.165) is 48.8 Å². The first-order chi connectivity index (χ1) is 18.6. The number of anilines is 1. The van der Waals surface area contributed by atoms with Gasteiger partial charge in [0.2, 0.25) is 0 Å². The molecule has 1 saturated heterocycles. The van der Waals surface area contributed by atoms with E-state index in [1.807, 2.05) is 41.8 Å². The van der Waals surface area contributed by atoms with Crippen molar-refractivity contribution in [3.05, 3.63) is 76.6 Å². The lowest BCUT2D eigenvalue weighted by atomic mass is 9.49. The van der Waals surface area contributed by atoms with E-state index in [-0.39, 0.29) is 17.8 Å². The van der Waals surface area contributed by atoms with E-state index in [1.165, 1.54) is 24.1 Å². The Morgan fingerprint density at radius 1 is 1.03 bits per heavy atom. The third kappa shape index (κ3) is 5.74. The van der Waals surface area contributed by atoms with Gasteiger partial charge in [-0.1, -0.05) is 43.7 Å². The van der Waals surface area contributed by atoms with Gasteiger partial charge in [0.25, 0.3) is 5.91 Å². The van der Waals surface area contributed by atoms with Crippen LogP contribution in [0.5, 0.6) is 0 Å². The van der Waals surface area contributed by atoms with Gasteiger partial charge in [-0.3, -0.25) is 9.69 Å². The lowest BCUT2D eigenvalue weighted by Crippen LogP contribution is -2.53. The lowest BCUT2D eigenvalue weighted by molar-refractivity contribution is -0.0105. The molecule has 0 radical (unpaired) electrons. The molecule has 6 rings (SSSR count). The summed E-state index contributed by atoms with van der Waals surface area (Å²) in [6.07, 6.45) is 4.65. The summed E-state index contributed by atoms with van der Waals surface area (Å²) in [5.41, 5.74) is 5.18. The number of nitrogens with zero attached hydrogens (tertiary/aromatic N) is 3. The Hall–Kier alpha value is -3.19. The molecule has 2 bridgehead atoms. The second kappa shape index (κ2) is 11.1. The molecule has 1 N–H and O–H groups in total. The van der Waals surface area contributed by atoms with Crippen LogP contribution in [0.4, 0.5) is 14.9 Å². The number of aryl methyl sites for hydroxylation is 2. The Bertz CT molecular complexity index is 1230. The van der Waals surface area contributed by atoms with Gasteiger partial charge < -0.3 is 15.1 Å². The average Bonchev–Trinajstić information content (AvgIpc) is 2.93. The van der Waals surface area contributed by atoms with Crippen LogP contribution in [0.1, 0.15) is 48.2 Å². The minimum Gasteiger partial charge on any atom is -0.333 e. The third-order valence-electron chi connectivity index (χ3n) is 9.39. The Labute approximate surface area is 231 Å². The molecule has 2 atom stereocenters. The van der Waals surface area contributed by atoms with Crippen LogP contribution in [0.3, 0.4) is 0 Å². The standard InChI is InChI=1S/C32H41FN4O2/c1-22-6-5-7-23(2)29(22)34-31(39)36-17-14-35(15-18-36)16-19-37(30(38)24-9-12-27(33)13-10-24)21-25-8-11-26-20-28(25)32(26,3)4/h5-10,12-13,26,28H,11,14-21H2,1-4H3,(H,34,39). The van der Waals surface area contributed by atoms with Crippen LogP contribution >= 0.6 is 0 Å². The number of para-hydroxylation sites is 1. The number of rotatable bonds is 7. The highest BCUT2D eigenvalue weighted by molar-refractivity contribution is 5.94. The van der Waals surface area contributed by atoms with Crippen molar-refractivity contribution in [2.45, 2.75) is 40.5 Å². The maximum Gasteiger partial charge on any atom is 0.321 e. The van der Waals surface area contributed by atoms with Crippen molar-refractivity contribution in [2.75, 3.05) is 51.1 Å². The summed E-state index contributed by atoms with van der Waals surface area (Å²) in [6.45, 7) is 13.5. The number of hydrogen-bond donors (Lipinski definition) is 1. The fourth-order valence-electron chi connectivity index (χ4n) is 6.54. The normalized spacial score (nSPS) is 22.1. The molecule has 208 valence electrons. The van der Waals surface area contributed by atoms with Gasteiger partial charge in [-0.25, -0.2) is 9.18 Å². The SMILES string of the molecule is Cc1cccc(C)c1NC(=O)N1CCN(CCN(CC2=CCC3CC2C3(C)C)C(=O)c2ccc(F)cc2)CC1. The van der Waals surface area contributed by atoms with Crippen molar-refractivity contribution in [3.63, 3.8) is 0 Å². The van der Waals surface area contributed by atoms with Crippen LogP contribution in [0, 0.1) is 36.9 Å². The predicted octanol–water partition coefficient (Wildman–Crippen LogP) is 5.73. The Morgan fingerprint density at radius 3 is 2.31 bits per heavy atom. The van der Waals surface area contributed by atoms with Gasteiger partial charge in [-0.15, -0.1) is 0 Å². The number of carbonyl (C=O) groups is 2. The molecule has 2 unspecified atom stereocenters. The molecule has 1 heterocycles. The molecule has 39 heavy (non-hydrogen) atoms. The van der Waals surface area contributed by atoms with Crippen LogP contribution in [0.15, 0.2) is 54.1 Å². The summed E-state index contributed by atoms with van der Waals surface area (Å²) < 4.78 is 13.5. The molecule has 2 aromatic carbocycles. The van der Waals surface area contributed by atoms with E-state index in [4.69, 9.17) is 0 Å². The molecule has 7 heteroatoms. The second-order valence-corrected chi connectivity index (χ2v) is 12.1. The summed E-state index contributed by atoms with van der Waals surface area (Å²) >= 11 is 0. The van der Waals surface area contributed by atoms with E-state index in [2.05, 4.69) is 30.1 Å². The van der Waals surface area contributed by atoms with Crippen LogP contribution in [-0.2, 0) is 0 Å². The molecule has 1 saturated carbocycles. The van der Waals surface area contributed by atoms with Crippen molar-refractivity contribution in [1.82, 2.24) is 14.7 Å². The van der Waals surface area contributed by atoms with Crippen LogP contribution in [-0.4, -0.2) is 72.5 Å². The van der Waals surface area contributed by atoms with Gasteiger partial charge in [0, 0.05) is 57.1 Å². The van der Waals surface area contributed by atoms with Crippen LogP contribution < -0.4 is 5.32 Å². The van der Waals surface area contributed by atoms with Crippen molar-refractivity contribution in [1.29, 1.82) is 0 Å². The van der Waals surface area contributed by atoms with Gasteiger partial charge in [-0.05, 0) is 79.3 Å². The number of piperazine rings is 1. The predicted molar refractivity (Wildman–Crippen MR) is 153 cm³/mol. The summed E-state index contributed by atoms with van der Waals surface area (Å²) in [5, 5.41) is 3.09. The molecule has 6 nitrogen and oxygen atoms in total. The Morgan fingerprint density at radius 2 is 1.69 bits per heavy atom. The first kappa shape index (κ1) is 27.4. The van der Waals surface area contributed by atoms with Gasteiger partial charge >= 0.3 is 6.03 Å². The topological polar surface area (TPSA) is 55.9 Å². The highest BCUT2D eigenvalue weighted by atomic mass is 19.1. The molecule has 4 aliphatic rings. The number of benzene rings is 2. The van der Waals surface area contributed by atoms with E-state index in [9.17, 15) is 14.0 Å². The van der Waals surface area contributed by atoms with Crippen LogP contribution in [0.2, 0.25) is 0 Å². The van der Waals surface area contributed by atoms with Crippen molar-refractivity contribution in [3.8, 4) is 0 Å². The Kier molecular flexibility index (Phi) is 7.81. The van der Waals surface area contributed by atoms with Crippen molar-refractivity contribution in [2.24, 2.45) is 17.3 Å². The molecule has 3 amide bonds. The lowest BCUT2D eigenvalue weighted by Gasteiger charge is -2.57. The first-order valence-electron chi connectivity index (χ1n) is 14.2. The fraction of sp³-hybridized carbons (Fsp3) is 0.500. The number of hydrogen-bond acceptors (Lipinski definition) is 3. The number of nitrogens with one attached hydrogen (secondary N) is 1. The third-order valence-corrected chi connectivity index (χ3v) is 9.39. The van der Waals surface area contributed by atoms with E-state index < -0.39 is 0 Å². The second-order valence-electron chi connectivity index (χ2n) is 12.1. The number of urea groups is 1. The molecule has 0 spiro atoms. The minimum absolute atomic E-state index is 0.0539. The fourth-order valence-corrected chi connectivity index (χ4v) is 6.54. The number of amides is 3. The van der Waals surface area contributed by atoms with Gasteiger partial charge in [-0.2, -0.15) is 0 Å². The zero-order valence-electron chi connectivity index (χ0n) is 23.7. The summed E-state index contributed by atoms with van der Waals surface area (Å²) in [7, 11) is 0. The number of carbonyl (C=O) groups excluding carboxylic acids is 2. The van der Waals surface area contributed by atoms with E-state index >= 15 is 0 Å². The number of halogens is 1. The zero-order chi connectivity index (χ0) is 27.7. The van der Waals surface area contributed by atoms with E-state index in [1.54, 1.807) is 12.1 Å². The van der Waals surface area contributed by atoms with Gasteiger partial charge in [0.1, 0.15) is 5.82 Å². The maximum atomic E-state index is 13.5. The number of allylic oxidation sites excluding steroid dienone is 1.